The van der Waals surface area contributed by atoms with Crippen molar-refractivity contribution >= 4 is 23.2 Å². The van der Waals surface area contributed by atoms with Gasteiger partial charge in [-0.2, -0.15) is 0 Å². The number of benzene rings is 1. The van der Waals surface area contributed by atoms with Crippen LogP contribution in [-0.4, -0.2) is 6.61 Å². The van der Waals surface area contributed by atoms with E-state index in [0.29, 0.717) is 10.0 Å². The van der Waals surface area contributed by atoms with Crippen LogP contribution in [0.15, 0.2) is 18.2 Å². The van der Waals surface area contributed by atoms with Crippen molar-refractivity contribution in [1.29, 1.82) is 0 Å². The highest BCUT2D eigenvalue weighted by Gasteiger charge is 2.00. The predicted octanol–water partition coefficient (Wildman–Crippen LogP) is 4.81. The first-order chi connectivity index (χ1) is 7.09. The van der Waals surface area contributed by atoms with Crippen molar-refractivity contribution in [2.75, 3.05) is 6.61 Å². The Morgan fingerprint density at radius 1 is 1.20 bits per heavy atom. The zero-order valence-electron chi connectivity index (χ0n) is 9.09. The molecule has 15 heavy (non-hydrogen) atoms. The molecule has 1 aromatic carbocycles. The van der Waals surface area contributed by atoms with Crippen molar-refractivity contribution < 1.29 is 4.74 Å². The van der Waals surface area contributed by atoms with Gasteiger partial charge in [-0.05, 0) is 30.9 Å². The third-order valence-electron chi connectivity index (χ3n) is 2.09. The minimum absolute atomic E-state index is 0.540. The van der Waals surface area contributed by atoms with E-state index in [9.17, 15) is 0 Å². The van der Waals surface area contributed by atoms with Gasteiger partial charge in [-0.15, -0.1) is 0 Å². The second-order valence-electron chi connectivity index (χ2n) is 3.96. The normalized spacial score (nSPS) is 10.7. The summed E-state index contributed by atoms with van der Waals surface area (Å²) in [7, 11) is 0. The van der Waals surface area contributed by atoms with E-state index in [4.69, 9.17) is 27.9 Å². The molecule has 0 heterocycles. The van der Waals surface area contributed by atoms with Crippen LogP contribution in [-0.2, 0) is 0 Å². The molecule has 0 radical (unpaired) electrons. The quantitative estimate of drug-likeness (QED) is 0.678. The Kier molecular flexibility index (Phi) is 5.27. The van der Waals surface area contributed by atoms with Crippen molar-refractivity contribution in [3.63, 3.8) is 0 Å². The van der Waals surface area contributed by atoms with Crippen LogP contribution >= 0.6 is 23.2 Å². The van der Waals surface area contributed by atoms with Crippen LogP contribution in [0.1, 0.15) is 26.7 Å². The smallest absolute Gasteiger partial charge is 0.120 e. The van der Waals surface area contributed by atoms with Gasteiger partial charge in [-0.1, -0.05) is 37.0 Å². The van der Waals surface area contributed by atoms with Gasteiger partial charge in [0, 0.05) is 6.07 Å². The maximum absolute atomic E-state index is 5.87. The van der Waals surface area contributed by atoms with Gasteiger partial charge in [0.2, 0.25) is 0 Å². The summed E-state index contributed by atoms with van der Waals surface area (Å²) in [5, 5.41) is 1.10. The molecule has 1 aromatic rings. The average Bonchev–Trinajstić information content (AvgIpc) is 2.18. The molecule has 0 spiro atoms. The Hall–Kier alpha value is -0.400. The molecule has 0 atom stereocenters. The molecular weight excluding hydrogens is 231 g/mol. The van der Waals surface area contributed by atoms with Gasteiger partial charge in [0.15, 0.2) is 0 Å². The third-order valence-corrected chi connectivity index (χ3v) is 2.82. The lowest BCUT2D eigenvalue weighted by Crippen LogP contribution is -1.99. The van der Waals surface area contributed by atoms with E-state index in [1.54, 1.807) is 12.1 Å². The van der Waals surface area contributed by atoms with Crippen molar-refractivity contribution in [3.8, 4) is 5.75 Å². The summed E-state index contributed by atoms with van der Waals surface area (Å²) >= 11 is 11.7. The summed E-state index contributed by atoms with van der Waals surface area (Å²) < 4.78 is 5.55. The molecule has 84 valence electrons. The van der Waals surface area contributed by atoms with E-state index >= 15 is 0 Å². The molecule has 0 amide bonds. The fourth-order valence-electron chi connectivity index (χ4n) is 1.25. The van der Waals surface area contributed by atoms with Crippen molar-refractivity contribution in [1.82, 2.24) is 0 Å². The Morgan fingerprint density at radius 3 is 2.53 bits per heavy atom. The summed E-state index contributed by atoms with van der Waals surface area (Å²) in [5.41, 5.74) is 0. The molecular formula is C12H16Cl2O. The zero-order valence-corrected chi connectivity index (χ0v) is 10.6. The Balaban J connectivity index is 2.35. The standard InChI is InChI=1S/C12H16Cl2O/c1-9(2)4-3-7-15-10-5-6-11(13)12(14)8-10/h5-6,8-9H,3-4,7H2,1-2H3. The van der Waals surface area contributed by atoms with E-state index in [2.05, 4.69) is 13.8 Å². The van der Waals surface area contributed by atoms with Crippen LogP contribution in [0.4, 0.5) is 0 Å². The van der Waals surface area contributed by atoms with E-state index in [-0.39, 0.29) is 0 Å². The highest BCUT2D eigenvalue weighted by Crippen LogP contribution is 2.26. The second-order valence-corrected chi connectivity index (χ2v) is 4.77. The molecule has 0 bridgehead atoms. The summed E-state index contributed by atoms with van der Waals surface area (Å²) in [6.45, 7) is 5.15. The van der Waals surface area contributed by atoms with E-state index < -0.39 is 0 Å². The second kappa shape index (κ2) is 6.24. The summed E-state index contributed by atoms with van der Waals surface area (Å²) in [4.78, 5) is 0. The van der Waals surface area contributed by atoms with Crippen molar-refractivity contribution in [2.24, 2.45) is 5.92 Å². The first-order valence-corrected chi connectivity index (χ1v) is 5.93. The molecule has 1 nitrogen and oxygen atoms in total. The zero-order chi connectivity index (χ0) is 11.3. The minimum atomic E-state index is 0.540. The molecule has 0 aromatic heterocycles. The highest BCUT2D eigenvalue weighted by atomic mass is 35.5. The minimum Gasteiger partial charge on any atom is -0.494 e. The van der Waals surface area contributed by atoms with Crippen LogP contribution in [0.2, 0.25) is 10.0 Å². The van der Waals surface area contributed by atoms with E-state index in [0.717, 1.165) is 24.7 Å². The topological polar surface area (TPSA) is 9.23 Å². The van der Waals surface area contributed by atoms with E-state index in [1.807, 2.05) is 6.07 Å². The average molecular weight is 247 g/mol. The molecule has 3 heteroatoms. The molecule has 0 unspecified atom stereocenters. The number of halogens is 2. The van der Waals surface area contributed by atoms with Gasteiger partial charge in [0.25, 0.3) is 0 Å². The Bertz CT molecular complexity index is 310. The maximum atomic E-state index is 5.87. The lowest BCUT2D eigenvalue weighted by atomic mass is 10.1. The summed E-state index contributed by atoms with van der Waals surface area (Å²) in [6.07, 6.45) is 2.25. The number of ether oxygens (including phenoxy) is 1. The summed E-state index contributed by atoms with van der Waals surface area (Å²) in [5.74, 6) is 1.51. The highest BCUT2D eigenvalue weighted by molar-refractivity contribution is 6.42. The summed E-state index contributed by atoms with van der Waals surface area (Å²) in [6, 6.07) is 5.34. The van der Waals surface area contributed by atoms with Crippen LogP contribution < -0.4 is 4.74 Å². The molecule has 0 fully saturated rings. The van der Waals surface area contributed by atoms with Crippen molar-refractivity contribution in [3.05, 3.63) is 28.2 Å². The number of hydrogen-bond acceptors (Lipinski definition) is 1. The monoisotopic (exact) mass is 246 g/mol. The number of rotatable bonds is 5. The van der Waals surface area contributed by atoms with Crippen LogP contribution in [0.3, 0.4) is 0 Å². The first-order valence-electron chi connectivity index (χ1n) is 5.17. The van der Waals surface area contributed by atoms with Crippen LogP contribution in [0.25, 0.3) is 0 Å². The maximum Gasteiger partial charge on any atom is 0.120 e. The lowest BCUT2D eigenvalue weighted by Gasteiger charge is -2.08. The van der Waals surface area contributed by atoms with Gasteiger partial charge in [0.1, 0.15) is 5.75 Å². The largest absolute Gasteiger partial charge is 0.494 e. The molecule has 0 saturated heterocycles. The molecule has 0 aliphatic carbocycles. The Morgan fingerprint density at radius 2 is 1.93 bits per heavy atom. The fraction of sp³-hybridized carbons (Fsp3) is 0.500. The molecule has 0 saturated carbocycles. The molecule has 1 rings (SSSR count). The van der Waals surface area contributed by atoms with Gasteiger partial charge in [-0.25, -0.2) is 0 Å². The van der Waals surface area contributed by atoms with Crippen LogP contribution in [0.5, 0.6) is 5.75 Å². The van der Waals surface area contributed by atoms with Gasteiger partial charge in [0.05, 0.1) is 16.7 Å². The van der Waals surface area contributed by atoms with Gasteiger partial charge >= 0.3 is 0 Å². The van der Waals surface area contributed by atoms with Crippen molar-refractivity contribution in [2.45, 2.75) is 26.7 Å². The molecule has 0 aliphatic heterocycles. The van der Waals surface area contributed by atoms with E-state index in [1.165, 1.54) is 6.42 Å². The third kappa shape index (κ3) is 4.76. The number of hydrogen-bond donors (Lipinski definition) is 0. The van der Waals surface area contributed by atoms with Gasteiger partial charge in [-0.3, -0.25) is 0 Å². The lowest BCUT2D eigenvalue weighted by molar-refractivity contribution is 0.298. The predicted molar refractivity (Wildman–Crippen MR) is 66.0 cm³/mol. The Labute approximate surface area is 101 Å². The van der Waals surface area contributed by atoms with Crippen LogP contribution in [0, 0.1) is 5.92 Å². The molecule has 0 N–H and O–H groups in total. The molecule has 0 aliphatic rings. The SMILES string of the molecule is CC(C)CCCOc1ccc(Cl)c(Cl)c1. The fourth-order valence-corrected chi connectivity index (χ4v) is 1.54. The van der Waals surface area contributed by atoms with Gasteiger partial charge < -0.3 is 4.74 Å². The first kappa shape index (κ1) is 12.7.